The van der Waals surface area contributed by atoms with Gasteiger partial charge in [0.15, 0.2) is 0 Å². The van der Waals surface area contributed by atoms with Gasteiger partial charge in [-0.1, -0.05) is 20.3 Å². The summed E-state index contributed by atoms with van der Waals surface area (Å²) in [6.07, 6.45) is 5.16. The van der Waals surface area contributed by atoms with Gasteiger partial charge in [-0.2, -0.15) is 0 Å². The predicted molar refractivity (Wildman–Crippen MR) is 69.1 cm³/mol. The van der Waals surface area contributed by atoms with Crippen LogP contribution in [0.5, 0.6) is 0 Å². The maximum Gasteiger partial charge on any atom is 0.0175 e. The van der Waals surface area contributed by atoms with Crippen LogP contribution >= 0.6 is 0 Å². The summed E-state index contributed by atoms with van der Waals surface area (Å²) in [5.41, 5.74) is 5.57. The molecule has 1 unspecified atom stereocenters. The molecule has 0 radical (unpaired) electrons. The first-order chi connectivity index (χ1) is 6.96. The van der Waals surface area contributed by atoms with Crippen LogP contribution in [0.4, 0.5) is 0 Å². The van der Waals surface area contributed by atoms with Crippen molar-refractivity contribution in [2.75, 3.05) is 20.1 Å². The second-order valence-corrected chi connectivity index (χ2v) is 5.26. The van der Waals surface area contributed by atoms with Crippen LogP contribution in [0.2, 0.25) is 0 Å². The highest BCUT2D eigenvalue weighted by Crippen LogP contribution is 2.30. The Balaban J connectivity index is 0.000000336. The minimum Gasteiger partial charge on any atom is -0.330 e. The molecule has 0 amide bonds. The van der Waals surface area contributed by atoms with Gasteiger partial charge in [-0.05, 0) is 59.2 Å². The molecule has 0 aliphatic carbocycles. The summed E-state index contributed by atoms with van der Waals surface area (Å²) in [4.78, 5) is 2.47. The summed E-state index contributed by atoms with van der Waals surface area (Å²) < 4.78 is 0. The van der Waals surface area contributed by atoms with Gasteiger partial charge in [0, 0.05) is 5.54 Å². The molecular weight excluding hydrogens is 184 g/mol. The van der Waals surface area contributed by atoms with Crippen molar-refractivity contribution in [1.29, 1.82) is 0 Å². The van der Waals surface area contributed by atoms with Crippen LogP contribution in [0.1, 0.15) is 53.4 Å². The fraction of sp³-hybridized carbons (Fsp3) is 1.00. The fourth-order valence-electron chi connectivity index (χ4n) is 1.86. The van der Waals surface area contributed by atoms with Crippen molar-refractivity contribution in [1.82, 2.24) is 4.90 Å². The molecule has 1 fully saturated rings. The molecule has 1 atom stereocenters. The minimum absolute atomic E-state index is 0.429. The molecule has 15 heavy (non-hydrogen) atoms. The van der Waals surface area contributed by atoms with Gasteiger partial charge in [-0.15, -0.1) is 0 Å². The van der Waals surface area contributed by atoms with Gasteiger partial charge < -0.3 is 10.6 Å². The van der Waals surface area contributed by atoms with Gasteiger partial charge in [0.1, 0.15) is 0 Å². The quantitative estimate of drug-likeness (QED) is 0.766. The summed E-state index contributed by atoms with van der Waals surface area (Å²) in [5.74, 6) is 0.853. The molecular formula is C13H30N2. The van der Waals surface area contributed by atoms with Gasteiger partial charge in [-0.25, -0.2) is 0 Å². The van der Waals surface area contributed by atoms with E-state index in [1.165, 1.54) is 32.2 Å². The monoisotopic (exact) mass is 214 g/mol. The third-order valence-corrected chi connectivity index (χ3v) is 3.88. The molecule has 2 N–H and O–H groups in total. The third kappa shape index (κ3) is 4.98. The Kier molecular flexibility index (Phi) is 7.20. The zero-order valence-electron chi connectivity index (χ0n) is 11.3. The summed E-state index contributed by atoms with van der Waals surface area (Å²) in [6, 6.07) is 0. The molecule has 0 aromatic heterocycles. The van der Waals surface area contributed by atoms with E-state index >= 15 is 0 Å². The van der Waals surface area contributed by atoms with E-state index in [1.807, 2.05) is 0 Å². The lowest BCUT2D eigenvalue weighted by Gasteiger charge is -2.44. The Labute approximate surface area is 96.2 Å². The highest BCUT2D eigenvalue weighted by Gasteiger charge is 2.32. The molecule has 1 heterocycles. The molecule has 2 nitrogen and oxygen atoms in total. The Hall–Kier alpha value is -0.0800. The molecule has 92 valence electrons. The normalized spacial score (nSPS) is 25.6. The lowest BCUT2D eigenvalue weighted by molar-refractivity contribution is 0.0547. The van der Waals surface area contributed by atoms with Gasteiger partial charge in [0.25, 0.3) is 0 Å². The maximum absolute atomic E-state index is 5.14. The molecule has 1 rings (SSSR count). The summed E-state index contributed by atoms with van der Waals surface area (Å²) in [5, 5.41) is 0. The van der Waals surface area contributed by atoms with Crippen molar-refractivity contribution in [2.45, 2.75) is 58.9 Å². The first-order valence-electron chi connectivity index (χ1n) is 6.38. The molecule has 1 aliphatic rings. The van der Waals surface area contributed by atoms with Crippen LogP contribution in [0, 0.1) is 5.92 Å². The number of unbranched alkanes of at least 4 members (excludes halogenated alkanes) is 1. The van der Waals surface area contributed by atoms with Crippen LogP contribution in [0.15, 0.2) is 0 Å². The van der Waals surface area contributed by atoms with Crippen molar-refractivity contribution in [3.8, 4) is 0 Å². The summed E-state index contributed by atoms with van der Waals surface area (Å²) in [6.45, 7) is 11.3. The highest BCUT2D eigenvalue weighted by atomic mass is 15.2. The lowest BCUT2D eigenvalue weighted by Crippen LogP contribution is -2.49. The third-order valence-electron chi connectivity index (χ3n) is 3.88. The van der Waals surface area contributed by atoms with Gasteiger partial charge in [-0.3, -0.25) is 0 Å². The SMILES string of the molecule is CC1CCCN(C)C1(C)C.CCCCN. The van der Waals surface area contributed by atoms with Gasteiger partial charge in [0.05, 0.1) is 0 Å². The predicted octanol–water partition coefficient (Wildman–Crippen LogP) is 2.87. The Bertz CT molecular complexity index is 141. The van der Waals surface area contributed by atoms with E-state index in [0.29, 0.717) is 5.54 Å². The van der Waals surface area contributed by atoms with Crippen LogP contribution < -0.4 is 5.73 Å². The molecule has 0 aromatic carbocycles. The number of hydrogen-bond donors (Lipinski definition) is 1. The maximum atomic E-state index is 5.14. The second kappa shape index (κ2) is 7.24. The van der Waals surface area contributed by atoms with Crippen LogP contribution in [0.3, 0.4) is 0 Å². The van der Waals surface area contributed by atoms with E-state index in [4.69, 9.17) is 5.73 Å². The highest BCUT2D eigenvalue weighted by molar-refractivity contribution is 4.88. The van der Waals surface area contributed by atoms with E-state index in [0.717, 1.165) is 12.5 Å². The number of nitrogens with zero attached hydrogens (tertiary/aromatic N) is 1. The van der Waals surface area contributed by atoms with Crippen molar-refractivity contribution >= 4 is 0 Å². The number of likely N-dealkylation sites (tertiary alicyclic amines) is 1. The average molecular weight is 214 g/mol. The Morgan fingerprint density at radius 1 is 1.40 bits per heavy atom. The second-order valence-electron chi connectivity index (χ2n) is 5.26. The van der Waals surface area contributed by atoms with Crippen LogP contribution in [-0.4, -0.2) is 30.6 Å². The van der Waals surface area contributed by atoms with Crippen molar-refractivity contribution in [2.24, 2.45) is 11.7 Å². The Morgan fingerprint density at radius 3 is 2.27 bits per heavy atom. The van der Waals surface area contributed by atoms with E-state index in [1.54, 1.807) is 0 Å². The van der Waals surface area contributed by atoms with Crippen molar-refractivity contribution < 1.29 is 0 Å². The molecule has 0 aromatic rings. The number of rotatable bonds is 2. The first kappa shape index (κ1) is 14.9. The van der Waals surface area contributed by atoms with Crippen molar-refractivity contribution in [3.05, 3.63) is 0 Å². The fourth-order valence-corrected chi connectivity index (χ4v) is 1.86. The minimum atomic E-state index is 0.429. The molecule has 0 spiro atoms. The zero-order chi connectivity index (χ0) is 11.9. The van der Waals surface area contributed by atoms with E-state index in [9.17, 15) is 0 Å². The average Bonchev–Trinajstić information content (AvgIpc) is 2.17. The van der Waals surface area contributed by atoms with Crippen molar-refractivity contribution in [3.63, 3.8) is 0 Å². The van der Waals surface area contributed by atoms with Gasteiger partial charge in [0.2, 0.25) is 0 Å². The molecule has 0 bridgehead atoms. The molecule has 2 heteroatoms. The molecule has 1 aliphatic heterocycles. The largest absolute Gasteiger partial charge is 0.330 e. The Morgan fingerprint density at radius 2 is 2.00 bits per heavy atom. The van der Waals surface area contributed by atoms with E-state index < -0.39 is 0 Å². The topological polar surface area (TPSA) is 29.3 Å². The lowest BCUT2D eigenvalue weighted by atomic mass is 9.81. The smallest absolute Gasteiger partial charge is 0.0175 e. The molecule has 1 saturated heterocycles. The van der Waals surface area contributed by atoms with Crippen LogP contribution in [-0.2, 0) is 0 Å². The number of hydrogen-bond acceptors (Lipinski definition) is 2. The van der Waals surface area contributed by atoms with Gasteiger partial charge >= 0.3 is 0 Å². The number of piperidine rings is 1. The molecule has 0 saturated carbocycles. The standard InChI is InChI=1S/C9H19N.C4H11N/c1-8-6-5-7-10(4)9(8,2)3;1-2-3-4-5/h8H,5-7H2,1-4H3;2-5H2,1H3. The van der Waals surface area contributed by atoms with Crippen LogP contribution in [0.25, 0.3) is 0 Å². The van der Waals surface area contributed by atoms with E-state index in [-0.39, 0.29) is 0 Å². The zero-order valence-corrected chi connectivity index (χ0v) is 11.3. The first-order valence-corrected chi connectivity index (χ1v) is 6.38. The van der Waals surface area contributed by atoms with E-state index in [2.05, 4.69) is 39.6 Å². The summed E-state index contributed by atoms with van der Waals surface area (Å²) >= 11 is 0. The number of nitrogens with two attached hydrogens (primary N) is 1. The summed E-state index contributed by atoms with van der Waals surface area (Å²) in [7, 11) is 2.23.